The van der Waals surface area contributed by atoms with E-state index in [0.29, 0.717) is 4.58 Å². The van der Waals surface area contributed by atoms with E-state index in [9.17, 15) is 0 Å². The van der Waals surface area contributed by atoms with E-state index in [-0.39, 0.29) is 0 Å². The Morgan fingerprint density at radius 2 is 2.10 bits per heavy atom. The van der Waals surface area contributed by atoms with Gasteiger partial charge in [0.25, 0.3) is 0 Å². The highest BCUT2D eigenvalue weighted by Crippen LogP contribution is 2.35. The fraction of sp³-hybridized carbons (Fsp3) is 0.429. The van der Waals surface area contributed by atoms with Crippen LogP contribution in [0.2, 0.25) is 0 Å². The van der Waals surface area contributed by atoms with E-state index in [0.717, 1.165) is 0 Å². The summed E-state index contributed by atoms with van der Waals surface area (Å²) in [7, 11) is 0. The highest BCUT2D eigenvalue weighted by Gasteiger charge is 2.07. The van der Waals surface area contributed by atoms with Crippen molar-refractivity contribution in [2.75, 3.05) is 12.5 Å². The Morgan fingerprint density at radius 3 is 2.50 bits per heavy atom. The summed E-state index contributed by atoms with van der Waals surface area (Å²) >= 11 is 3.66. The summed E-state index contributed by atoms with van der Waals surface area (Å²) in [6.45, 7) is 0. The van der Waals surface area contributed by atoms with Crippen LogP contribution in [0.1, 0.15) is 10.1 Å². The van der Waals surface area contributed by atoms with E-state index in [1.54, 1.807) is 12.5 Å². The first-order valence-electron chi connectivity index (χ1n) is 2.96. The number of thioether (sulfide) groups is 2. The maximum Gasteiger partial charge on any atom is 0.0954 e. The second-order valence-electron chi connectivity index (χ2n) is 1.86. The lowest BCUT2D eigenvalue weighted by atomic mass is 10.4. The summed E-state index contributed by atoms with van der Waals surface area (Å²) in [4.78, 5) is 0. The predicted molar refractivity (Wildman–Crippen MR) is 48.5 cm³/mol. The first kappa shape index (κ1) is 8.08. The molecule has 0 saturated carbocycles. The first-order chi connectivity index (χ1) is 4.88. The maximum atomic E-state index is 4.97. The zero-order valence-electron chi connectivity index (χ0n) is 6.03. The van der Waals surface area contributed by atoms with Crippen LogP contribution in [-0.4, -0.2) is 12.5 Å². The van der Waals surface area contributed by atoms with Gasteiger partial charge in [-0.2, -0.15) is 0 Å². The van der Waals surface area contributed by atoms with E-state index < -0.39 is 0 Å². The molecule has 10 heavy (non-hydrogen) atoms. The SMILES string of the molecule is CSC(SC)c1ccoc1. The third-order valence-electron chi connectivity index (χ3n) is 1.24. The molecule has 0 spiro atoms. The molecule has 0 atom stereocenters. The van der Waals surface area contributed by atoms with Crippen molar-refractivity contribution >= 4 is 23.5 Å². The van der Waals surface area contributed by atoms with Gasteiger partial charge in [-0.25, -0.2) is 0 Å². The summed E-state index contributed by atoms with van der Waals surface area (Å²) < 4.78 is 5.50. The Bertz CT molecular complexity index is 168. The van der Waals surface area contributed by atoms with Crippen LogP contribution in [-0.2, 0) is 0 Å². The molecule has 0 saturated heterocycles. The molecule has 0 fully saturated rings. The van der Waals surface area contributed by atoms with Crippen molar-refractivity contribution in [3.05, 3.63) is 24.2 Å². The molecule has 1 nitrogen and oxygen atoms in total. The second-order valence-corrected chi connectivity index (χ2v) is 4.04. The minimum absolute atomic E-state index is 0.527. The van der Waals surface area contributed by atoms with Crippen LogP contribution in [0.25, 0.3) is 0 Å². The minimum Gasteiger partial charge on any atom is -0.472 e. The van der Waals surface area contributed by atoms with Crippen LogP contribution < -0.4 is 0 Å². The topological polar surface area (TPSA) is 13.1 Å². The Labute approximate surface area is 69.6 Å². The number of hydrogen-bond donors (Lipinski definition) is 0. The van der Waals surface area contributed by atoms with Crippen LogP contribution in [0.4, 0.5) is 0 Å². The number of hydrogen-bond acceptors (Lipinski definition) is 3. The molecule has 1 aromatic heterocycles. The molecule has 0 aromatic carbocycles. The highest BCUT2D eigenvalue weighted by molar-refractivity contribution is 8.15. The molecule has 0 aliphatic heterocycles. The van der Waals surface area contributed by atoms with Crippen LogP contribution in [0, 0.1) is 0 Å². The molecule has 56 valence electrons. The van der Waals surface area contributed by atoms with E-state index in [4.69, 9.17) is 4.42 Å². The van der Waals surface area contributed by atoms with Gasteiger partial charge in [-0.05, 0) is 18.6 Å². The summed E-state index contributed by atoms with van der Waals surface area (Å²) in [5.41, 5.74) is 1.26. The molecule has 0 N–H and O–H groups in total. The van der Waals surface area contributed by atoms with Crippen molar-refractivity contribution in [3.63, 3.8) is 0 Å². The van der Waals surface area contributed by atoms with Crippen molar-refractivity contribution < 1.29 is 4.42 Å². The van der Waals surface area contributed by atoms with Gasteiger partial charge in [-0.1, -0.05) is 0 Å². The van der Waals surface area contributed by atoms with Crippen molar-refractivity contribution in [2.24, 2.45) is 0 Å². The average molecular weight is 174 g/mol. The van der Waals surface area contributed by atoms with Crippen molar-refractivity contribution in [3.8, 4) is 0 Å². The molecule has 1 aromatic rings. The predicted octanol–water partition coefficient (Wildman–Crippen LogP) is 3.00. The molecular weight excluding hydrogens is 164 g/mol. The van der Waals surface area contributed by atoms with Crippen molar-refractivity contribution in [1.29, 1.82) is 0 Å². The maximum absolute atomic E-state index is 4.97. The molecule has 3 heteroatoms. The normalized spacial score (nSPS) is 10.7. The van der Waals surface area contributed by atoms with Gasteiger partial charge in [0.15, 0.2) is 0 Å². The van der Waals surface area contributed by atoms with Crippen molar-refractivity contribution in [1.82, 2.24) is 0 Å². The van der Waals surface area contributed by atoms with Gasteiger partial charge in [0, 0.05) is 5.56 Å². The van der Waals surface area contributed by atoms with Gasteiger partial charge in [-0.15, -0.1) is 23.5 Å². The molecule has 1 heterocycles. The smallest absolute Gasteiger partial charge is 0.0954 e. The van der Waals surface area contributed by atoms with Gasteiger partial charge < -0.3 is 4.42 Å². The summed E-state index contributed by atoms with van der Waals surface area (Å²) in [6, 6.07) is 2.01. The zero-order valence-corrected chi connectivity index (χ0v) is 7.67. The van der Waals surface area contributed by atoms with E-state index >= 15 is 0 Å². The van der Waals surface area contributed by atoms with Gasteiger partial charge >= 0.3 is 0 Å². The van der Waals surface area contributed by atoms with E-state index in [1.807, 2.05) is 29.6 Å². The lowest BCUT2D eigenvalue weighted by Crippen LogP contribution is -1.81. The standard InChI is InChI=1S/C7H10OS2/c1-9-7(10-2)6-3-4-8-5-6/h3-5,7H,1-2H3. The molecule has 0 radical (unpaired) electrons. The number of furan rings is 1. The van der Waals surface area contributed by atoms with Crippen LogP contribution in [0.15, 0.2) is 23.0 Å². The third-order valence-corrected chi connectivity index (χ3v) is 3.80. The first-order valence-corrected chi connectivity index (χ1v) is 5.53. The molecule has 0 aliphatic carbocycles. The molecule has 0 unspecified atom stereocenters. The lowest BCUT2D eigenvalue weighted by molar-refractivity contribution is 0.565. The van der Waals surface area contributed by atoms with Gasteiger partial charge in [-0.3, -0.25) is 0 Å². The van der Waals surface area contributed by atoms with Gasteiger partial charge in [0.2, 0.25) is 0 Å². The third kappa shape index (κ3) is 1.73. The van der Waals surface area contributed by atoms with Gasteiger partial charge in [0.1, 0.15) is 0 Å². The molecule has 1 rings (SSSR count). The molecule has 0 aliphatic rings. The van der Waals surface area contributed by atoms with E-state index in [1.165, 1.54) is 5.56 Å². The fourth-order valence-electron chi connectivity index (χ4n) is 0.777. The lowest BCUT2D eigenvalue weighted by Gasteiger charge is -2.06. The van der Waals surface area contributed by atoms with Crippen LogP contribution in [0.3, 0.4) is 0 Å². The Hall–Kier alpha value is -0.0200. The van der Waals surface area contributed by atoms with Crippen LogP contribution >= 0.6 is 23.5 Å². The Kier molecular flexibility index (Phi) is 3.22. The fourth-order valence-corrected chi connectivity index (χ4v) is 2.36. The van der Waals surface area contributed by atoms with Gasteiger partial charge in [0.05, 0.1) is 17.1 Å². The Morgan fingerprint density at radius 1 is 1.40 bits per heavy atom. The minimum atomic E-state index is 0.527. The Balaban J connectivity index is 2.64. The summed E-state index contributed by atoms with van der Waals surface area (Å²) in [5.74, 6) is 0. The summed E-state index contributed by atoms with van der Waals surface area (Å²) in [6.07, 6.45) is 7.73. The summed E-state index contributed by atoms with van der Waals surface area (Å²) in [5, 5.41) is 0. The van der Waals surface area contributed by atoms with Crippen molar-refractivity contribution in [2.45, 2.75) is 4.58 Å². The molecule has 0 amide bonds. The molecule has 0 bridgehead atoms. The highest BCUT2D eigenvalue weighted by atomic mass is 32.2. The zero-order chi connectivity index (χ0) is 7.40. The van der Waals surface area contributed by atoms with E-state index in [2.05, 4.69) is 12.5 Å². The number of rotatable bonds is 3. The molecular formula is C7H10OS2. The average Bonchev–Trinajstić information content (AvgIpc) is 2.43. The second kappa shape index (κ2) is 3.98. The quantitative estimate of drug-likeness (QED) is 0.654. The largest absolute Gasteiger partial charge is 0.472 e. The monoisotopic (exact) mass is 174 g/mol. The van der Waals surface area contributed by atoms with Crippen LogP contribution in [0.5, 0.6) is 0 Å².